The zero-order valence-electron chi connectivity index (χ0n) is 12.4. The van der Waals surface area contributed by atoms with Gasteiger partial charge in [0.2, 0.25) is 0 Å². The molecule has 4 heteroatoms. The number of hydrogen-bond acceptors (Lipinski definition) is 2. The van der Waals surface area contributed by atoms with Crippen LogP contribution < -0.4 is 4.90 Å². The normalized spacial score (nSPS) is 18.2. The third-order valence-electron chi connectivity index (χ3n) is 3.66. The zero-order valence-corrected chi connectivity index (χ0v) is 13.1. The molecule has 1 unspecified atom stereocenters. The fourth-order valence-corrected chi connectivity index (χ4v) is 2.47. The number of fused-ring (bicyclic) bond motifs is 1. The molecule has 0 saturated heterocycles. The van der Waals surface area contributed by atoms with Gasteiger partial charge in [-0.05, 0) is 36.7 Å². The maximum atomic E-state index is 8.30. The van der Waals surface area contributed by atoms with Crippen LogP contribution >= 0.6 is 11.6 Å². The summed E-state index contributed by atoms with van der Waals surface area (Å²) in [5.74, 6) is 1.10. The van der Waals surface area contributed by atoms with Gasteiger partial charge in [-0.1, -0.05) is 37.9 Å². The molecule has 0 spiro atoms. The molecule has 1 N–H and O–H groups in total. The molecule has 0 fully saturated rings. The van der Waals surface area contributed by atoms with E-state index in [-0.39, 0.29) is 0 Å². The summed E-state index contributed by atoms with van der Waals surface area (Å²) in [6, 6.07) is 5.89. The van der Waals surface area contributed by atoms with E-state index in [1.165, 1.54) is 0 Å². The van der Waals surface area contributed by atoms with Crippen LogP contribution in [-0.2, 0) is 6.54 Å². The first kappa shape index (κ1) is 15.1. The Bertz CT molecular complexity index is 524. The van der Waals surface area contributed by atoms with Crippen LogP contribution in [0, 0.1) is 11.3 Å². The van der Waals surface area contributed by atoms with Gasteiger partial charge in [0, 0.05) is 17.8 Å². The van der Waals surface area contributed by atoms with Crippen molar-refractivity contribution in [2.24, 2.45) is 5.92 Å². The summed E-state index contributed by atoms with van der Waals surface area (Å²) in [4.78, 5) is 4.11. The predicted octanol–water partition coefficient (Wildman–Crippen LogP) is 4.13. The Kier molecular flexibility index (Phi) is 4.84. The highest BCUT2D eigenvalue weighted by molar-refractivity contribution is 6.30. The van der Waals surface area contributed by atoms with E-state index < -0.39 is 0 Å². The minimum Gasteiger partial charge on any atom is -0.305 e. The van der Waals surface area contributed by atoms with Crippen LogP contribution in [0.2, 0.25) is 5.02 Å². The molecule has 2 rings (SSSR count). The molecule has 1 heterocycles. The van der Waals surface area contributed by atoms with Crippen molar-refractivity contribution >= 4 is 23.1 Å². The summed E-state index contributed by atoms with van der Waals surface area (Å²) in [6.45, 7) is 5.81. The van der Waals surface area contributed by atoms with Crippen molar-refractivity contribution in [1.29, 1.82) is 5.41 Å². The Morgan fingerprint density at radius 3 is 2.85 bits per heavy atom. The number of nitrogens with zero attached hydrogens (tertiary/aromatic N) is 2. The first-order valence-electron chi connectivity index (χ1n) is 7.03. The van der Waals surface area contributed by atoms with E-state index in [1.54, 1.807) is 0 Å². The van der Waals surface area contributed by atoms with E-state index in [9.17, 15) is 0 Å². The highest BCUT2D eigenvalue weighted by Crippen LogP contribution is 2.28. The van der Waals surface area contributed by atoms with E-state index in [2.05, 4.69) is 24.8 Å². The molecule has 20 heavy (non-hydrogen) atoms. The smallest absolute Gasteiger partial charge is 0.119 e. The second kappa shape index (κ2) is 6.42. The van der Waals surface area contributed by atoms with Gasteiger partial charge in [0.05, 0.1) is 12.2 Å². The fraction of sp³-hybridized carbons (Fsp3) is 0.438. The van der Waals surface area contributed by atoms with Crippen molar-refractivity contribution in [2.45, 2.75) is 26.8 Å². The number of benzene rings is 1. The van der Waals surface area contributed by atoms with Gasteiger partial charge in [-0.3, -0.25) is 10.3 Å². The maximum Gasteiger partial charge on any atom is 0.119 e. The number of allylic oxidation sites excluding steroid dienone is 1. The van der Waals surface area contributed by atoms with Crippen molar-refractivity contribution in [1.82, 2.24) is 4.90 Å². The largest absolute Gasteiger partial charge is 0.305 e. The number of rotatable bonds is 3. The summed E-state index contributed by atoms with van der Waals surface area (Å²) >= 11 is 6.10. The highest BCUT2D eigenvalue weighted by atomic mass is 35.5. The molecule has 0 radical (unpaired) electrons. The number of likely N-dealkylation sites (N-methyl/N-ethyl adjacent to an activating group) is 1. The van der Waals surface area contributed by atoms with Crippen molar-refractivity contribution in [3.05, 3.63) is 41.1 Å². The third kappa shape index (κ3) is 3.41. The molecular formula is C16H22ClN3. The van der Waals surface area contributed by atoms with Gasteiger partial charge in [-0.2, -0.15) is 0 Å². The van der Waals surface area contributed by atoms with Crippen LogP contribution in [0.3, 0.4) is 0 Å². The summed E-state index contributed by atoms with van der Waals surface area (Å²) in [5.41, 5.74) is 2.22. The minimum absolute atomic E-state index is 0.513. The molecule has 1 aliphatic heterocycles. The van der Waals surface area contributed by atoms with Gasteiger partial charge in [0.15, 0.2) is 0 Å². The summed E-state index contributed by atoms with van der Waals surface area (Å²) in [5, 5.41) is 9.05. The van der Waals surface area contributed by atoms with Gasteiger partial charge in [0.1, 0.15) is 5.84 Å². The van der Waals surface area contributed by atoms with E-state index >= 15 is 0 Å². The number of halogens is 1. The van der Waals surface area contributed by atoms with Crippen LogP contribution in [-0.4, -0.2) is 24.3 Å². The average molecular weight is 292 g/mol. The Hall–Kier alpha value is -1.32. The first-order chi connectivity index (χ1) is 9.51. The monoisotopic (exact) mass is 291 g/mol. The lowest BCUT2D eigenvalue weighted by molar-refractivity contribution is 0.376. The number of hydrogen-bond donors (Lipinski definition) is 1. The van der Waals surface area contributed by atoms with Gasteiger partial charge < -0.3 is 4.90 Å². The van der Waals surface area contributed by atoms with Crippen LogP contribution in [0.15, 0.2) is 30.5 Å². The van der Waals surface area contributed by atoms with Gasteiger partial charge in [0.25, 0.3) is 0 Å². The van der Waals surface area contributed by atoms with E-state index in [4.69, 9.17) is 17.0 Å². The van der Waals surface area contributed by atoms with Crippen LogP contribution in [0.5, 0.6) is 0 Å². The van der Waals surface area contributed by atoms with E-state index in [1.807, 2.05) is 36.3 Å². The lowest BCUT2D eigenvalue weighted by Crippen LogP contribution is -2.32. The predicted molar refractivity (Wildman–Crippen MR) is 86.6 cm³/mol. The van der Waals surface area contributed by atoms with Crippen molar-refractivity contribution in [3.8, 4) is 0 Å². The second-order valence-corrected chi connectivity index (χ2v) is 5.93. The summed E-state index contributed by atoms with van der Waals surface area (Å²) in [7, 11) is 2.03. The summed E-state index contributed by atoms with van der Waals surface area (Å²) < 4.78 is 0. The lowest BCUT2D eigenvalue weighted by atomic mass is 10.1. The van der Waals surface area contributed by atoms with E-state index in [0.29, 0.717) is 18.3 Å². The SMILES string of the molecule is CCC(C)/C=C/N1C(=N)CN(C)Cc2cc(Cl)ccc21. The Morgan fingerprint density at radius 2 is 2.15 bits per heavy atom. The first-order valence-corrected chi connectivity index (χ1v) is 7.41. The van der Waals surface area contributed by atoms with Gasteiger partial charge in [-0.25, -0.2) is 0 Å². The molecule has 1 aromatic carbocycles. The zero-order chi connectivity index (χ0) is 14.7. The molecule has 0 amide bonds. The lowest BCUT2D eigenvalue weighted by Gasteiger charge is -2.21. The summed E-state index contributed by atoms with van der Waals surface area (Å²) in [6.07, 6.45) is 5.30. The van der Waals surface area contributed by atoms with Gasteiger partial charge >= 0.3 is 0 Å². The minimum atomic E-state index is 0.513. The molecule has 1 aromatic rings. The van der Waals surface area contributed by atoms with Crippen LogP contribution in [0.25, 0.3) is 0 Å². The van der Waals surface area contributed by atoms with Crippen molar-refractivity contribution < 1.29 is 0 Å². The van der Waals surface area contributed by atoms with E-state index in [0.717, 1.165) is 29.2 Å². The Labute approximate surface area is 126 Å². The van der Waals surface area contributed by atoms with Gasteiger partial charge in [-0.15, -0.1) is 0 Å². The van der Waals surface area contributed by atoms with Crippen LogP contribution in [0.4, 0.5) is 5.69 Å². The highest BCUT2D eigenvalue weighted by Gasteiger charge is 2.20. The maximum absolute atomic E-state index is 8.30. The standard InChI is InChI=1S/C16H22ClN3/c1-4-12(2)7-8-20-15-6-5-14(17)9-13(15)10-19(3)11-16(20)18/h5-9,12,18H,4,10-11H2,1-3H3/b8-7+,18-16?. The third-order valence-corrected chi connectivity index (χ3v) is 3.89. The molecule has 0 aliphatic carbocycles. The van der Waals surface area contributed by atoms with Crippen molar-refractivity contribution in [2.75, 3.05) is 18.5 Å². The Balaban J connectivity index is 2.39. The average Bonchev–Trinajstić information content (AvgIpc) is 2.51. The molecule has 3 nitrogen and oxygen atoms in total. The molecule has 108 valence electrons. The fourth-order valence-electron chi connectivity index (χ4n) is 2.28. The molecule has 0 bridgehead atoms. The second-order valence-electron chi connectivity index (χ2n) is 5.49. The topological polar surface area (TPSA) is 30.3 Å². The number of amidine groups is 1. The van der Waals surface area contributed by atoms with Crippen LogP contribution in [0.1, 0.15) is 25.8 Å². The Morgan fingerprint density at radius 1 is 1.40 bits per heavy atom. The molecule has 0 saturated carbocycles. The number of nitrogens with one attached hydrogen (secondary N) is 1. The van der Waals surface area contributed by atoms with Crippen molar-refractivity contribution in [3.63, 3.8) is 0 Å². The molecule has 0 aromatic heterocycles. The quantitative estimate of drug-likeness (QED) is 0.907. The number of anilines is 1. The molecule has 1 atom stereocenters. The molecule has 1 aliphatic rings. The molecular weight excluding hydrogens is 270 g/mol.